The maximum Gasteiger partial charge on any atom is 0.217 e. The molecule has 2 unspecified atom stereocenters. The van der Waals surface area contributed by atoms with Gasteiger partial charge in [-0.15, -0.1) is 0 Å². The number of hydrogen-bond acceptors (Lipinski definition) is 4. The molecular weight excluding hydrogens is 264 g/mol. The van der Waals surface area contributed by atoms with Crippen molar-refractivity contribution >= 4 is 11.6 Å². The first-order valence-corrected chi connectivity index (χ1v) is 7.85. The largest absolute Gasteiger partial charge is 0.368 e. The lowest BCUT2D eigenvalue weighted by Gasteiger charge is -2.20. The fourth-order valence-electron chi connectivity index (χ4n) is 2.90. The smallest absolute Gasteiger partial charge is 0.217 e. The first-order chi connectivity index (χ1) is 10.1. The van der Waals surface area contributed by atoms with E-state index in [4.69, 9.17) is 0 Å². The van der Waals surface area contributed by atoms with Crippen molar-refractivity contribution in [1.29, 1.82) is 0 Å². The van der Waals surface area contributed by atoms with E-state index in [9.17, 15) is 4.79 Å². The molecule has 1 saturated heterocycles. The molecular formula is C16H26N4O. The Hall–Kier alpha value is -1.62. The second-order valence-corrected chi connectivity index (χ2v) is 5.59. The molecule has 0 aliphatic carbocycles. The molecule has 0 spiro atoms. The summed E-state index contributed by atoms with van der Waals surface area (Å²) in [6.45, 7) is 8.64. The lowest BCUT2D eigenvalue weighted by Crippen LogP contribution is -2.35. The molecule has 1 aliphatic rings. The summed E-state index contributed by atoms with van der Waals surface area (Å²) >= 11 is 0. The molecule has 1 aromatic heterocycles. The first-order valence-electron chi connectivity index (χ1n) is 7.85. The van der Waals surface area contributed by atoms with Crippen LogP contribution in [0.25, 0.3) is 0 Å². The summed E-state index contributed by atoms with van der Waals surface area (Å²) in [6.07, 6.45) is 3.98. The minimum Gasteiger partial charge on any atom is -0.368 e. The van der Waals surface area contributed by atoms with Gasteiger partial charge < -0.3 is 15.5 Å². The Morgan fingerprint density at radius 1 is 1.48 bits per heavy atom. The van der Waals surface area contributed by atoms with Gasteiger partial charge in [0.1, 0.15) is 0 Å². The van der Waals surface area contributed by atoms with Crippen molar-refractivity contribution in [3.63, 3.8) is 0 Å². The molecule has 2 N–H and O–H groups in total. The normalized spacial score (nSPS) is 19.6. The summed E-state index contributed by atoms with van der Waals surface area (Å²) in [4.78, 5) is 18.0. The highest BCUT2D eigenvalue weighted by Gasteiger charge is 2.23. The van der Waals surface area contributed by atoms with Gasteiger partial charge in [0.15, 0.2) is 0 Å². The van der Waals surface area contributed by atoms with Gasteiger partial charge in [-0.2, -0.15) is 0 Å². The minimum absolute atomic E-state index is 0.0479. The summed E-state index contributed by atoms with van der Waals surface area (Å²) in [5.74, 6) is 0.0479. The molecule has 1 fully saturated rings. The highest BCUT2D eigenvalue weighted by atomic mass is 16.1. The molecule has 0 bridgehead atoms. The van der Waals surface area contributed by atoms with Crippen molar-refractivity contribution in [2.24, 2.45) is 0 Å². The quantitative estimate of drug-likeness (QED) is 0.839. The van der Waals surface area contributed by atoms with E-state index in [1.165, 1.54) is 0 Å². The molecule has 2 rings (SSSR count). The second kappa shape index (κ2) is 7.41. The standard InChI is InChI=1S/C16H26N4O/c1-4-15(17-5-2)16-7-6-14(10-18-16)20-9-8-13(11-20)19-12(3)21/h6-7,10,13,15,17H,4-5,8-9,11H2,1-3H3,(H,19,21). The van der Waals surface area contributed by atoms with Gasteiger partial charge in [-0.25, -0.2) is 0 Å². The number of hydrogen-bond donors (Lipinski definition) is 2. The lowest BCUT2D eigenvalue weighted by molar-refractivity contribution is -0.119. The molecule has 0 aromatic carbocycles. The van der Waals surface area contributed by atoms with E-state index in [1.807, 2.05) is 6.20 Å². The van der Waals surface area contributed by atoms with Gasteiger partial charge in [-0.1, -0.05) is 13.8 Å². The third kappa shape index (κ3) is 4.17. The number of rotatable bonds is 6. The zero-order valence-electron chi connectivity index (χ0n) is 13.2. The van der Waals surface area contributed by atoms with E-state index in [1.54, 1.807) is 6.92 Å². The van der Waals surface area contributed by atoms with Crippen molar-refractivity contribution in [2.45, 2.75) is 45.7 Å². The molecule has 0 saturated carbocycles. The molecule has 0 radical (unpaired) electrons. The highest BCUT2D eigenvalue weighted by molar-refractivity contribution is 5.73. The van der Waals surface area contributed by atoms with Gasteiger partial charge in [0.25, 0.3) is 0 Å². The fourth-order valence-corrected chi connectivity index (χ4v) is 2.90. The van der Waals surface area contributed by atoms with E-state index in [0.717, 1.165) is 43.9 Å². The Morgan fingerprint density at radius 2 is 2.29 bits per heavy atom. The zero-order valence-corrected chi connectivity index (χ0v) is 13.2. The number of nitrogens with one attached hydrogen (secondary N) is 2. The third-order valence-electron chi connectivity index (χ3n) is 3.95. The lowest BCUT2D eigenvalue weighted by atomic mass is 10.1. The molecule has 1 amide bonds. The Bertz CT molecular complexity index is 460. The van der Waals surface area contributed by atoms with Gasteiger partial charge >= 0.3 is 0 Å². The average molecular weight is 290 g/mol. The Labute approximate surface area is 127 Å². The average Bonchev–Trinajstić information content (AvgIpc) is 2.92. The Balaban J connectivity index is 1.98. The zero-order chi connectivity index (χ0) is 15.2. The third-order valence-corrected chi connectivity index (χ3v) is 3.95. The number of pyridine rings is 1. The van der Waals surface area contributed by atoms with Crippen LogP contribution >= 0.6 is 0 Å². The van der Waals surface area contributed by atoms with E-state index in [0.29, 0.717) is 6.04 Å². The number of amides is 1. The van der Waals surface area contributed by atoms with Crippen LogP contribution in [0.2, 0.25) is 0 Å². The van der Waals surface area contributed by atoms with Gasteiger partial charge in [0.2, 0.25) is 5.91 Å². The van der Waals surface area contributed by atoms with Crippen LogP contribution in [-0.4, -0.2) is 36.6 Å². The van der Waals surface area contributed by atoms with Crippen molar-refractivity contribution in [2.75, 3.05) is 24.5 Å². The summed E-state index contributed by atoms with van der Waals surface area (Å²) < 4.78 is 0. The second-order valence-electron chi connectivity index (χ2n) is 5.59. The first kappa shape index (κ1) is 15.8. The summed E-state index contributed by atoms with van der Waals surface area (Å²) in [6, 6.07) is 4.83. The maximum absolute atomic E-state index is 11.1. The van der Waals surface area contributed by atoms with E-state index in [2.05, 4.69) is 46.5 Å². The molecule has 5 nitrogen and oxygen atoms in total. The molecule has 1 aromatic rings. The van der Waals surface area contributed by atoms with Crippen molar-refractivity contribution < 1.29 is 4.79 Å². The molecule has 1 aliphatic heterocycles. The Morgan fingerprint density at radius 3 is 2.86 bits per heavy atom. The van der Waals surface area contributed by atoms with E-state index >= 15 is 0 Å². The predicted octanol–water partition coefficient (Wildman–Crippen LogP) is 1.86. The SMILES string of the molecule is CCNC(CC)c1ccc(N2CCC(NC(C)=O)C2)cn1. The van der Waals surface area contributed by atoms with Crippen LogP contribution in [-0.2, 0) is 4.79 Å². The summed E-state index contributed by atoms with van der Waals surface area (Å²) in [5.41, 5.74) is 2.23. The molecule has 5 heteroatoms. The van der Waals surface area contributed by atoms with E-state index < -0.39 is 0 Å². The van der Waals surface area contributed by atoms with Crippen molar-refractivity contribution in [1.82, 2.24) is 15.6 Å². The van der Waals surface area contributed by atoms with Crippen LogP contribution in [0.3, 0.4) is 0 Å². The Kier molecular flexibility index (Phi) is 5.56. The van der Waals surface area contributed by atoms with Gasteiger partial charge in [0, 0.05) is 32.1 Å². The van der Waals surface area contributed by atoms with Gasteiger partial charge in [0.05, 0.1) is 17.6 Å². The minimum atomic E-state index is 0.0479. The van der Waals surface area contributed by atoms with Gasteiger partial charge in [-0.05, 0) is 31.5 Å². The van der Waals surface area contributed by atoms with Gasteiger partial charge in [-0.3, -0.25) is 9.78 Å². The van der Waals surface area contributed by atoms with Crippen LogP contribution in [0, 0.1) is 0 Å². The number of carbonyl (C=O) groups is 1. The van der Waals surface area contributed by atoms with Crippen LogP contribution in [0.4, 0.5) is 5.69 Å². The number of aromatic nitrogens is 1. The van der Waals surface area contributed by atoms with Crippen LogP contribution in [0.1, 0.15) is 45.3 Å². The number of nitrogens with zero attached hydrogens (tertiary/aromatic N) is 2. The van der Waals surface area contributed by atoms with Crippen LogP contribution < -0.4 is 15.5 Å². The topological polar surface area (TPSA) is 57.3 Å². The number of anilines is 1. The maximum atomic E-state index is 11.1. The summed E-state index contributed by atoms with van der Waals surface area (Å²) in [7, 11) is 0. The molecule has 21 heavy (non-hydrogen) atoms. The monoisotopic (exact) mass is 290 g/mol. The predicted molar refractivity (Wildman–Crippen MR) is 85.4 cm³/mol. The summed E-state index contributed by atoms with van der Waals surface area (Å²) in [5, 5.41) is 6.43. The molecule has 2 heterocycles. The number of carbonyl (C=O) groups excluding carboxylic acids is 1. The van der Waals surface area contributed by atoms with Crippen molar-refractivity contribution in [3.05, 3.63) is 24.0 Å². The fraction of sp³-hybridized carbons (Fsp3) is 0.625. The van der Waals surface area contributed by atoms with E-state index in [-0.39, 0.29) is 11.9 Å². The highest BCUT2D eigenvalue weighted by Crippen LogP contribution is 2.22. The van der Waals surface area contributed by atoms with Crippen molar-refractivity contribution in [3.8, 4) is 0 Å². The van der Waals surface area contributed by atoms with Crippen LogP contribution in [0.5, 0.6) is 0 Å². The molecule has 116 valence electrons. The van der Waals surface area contributed by atoms with Crippen LogP contribution in [0.15, 0.2) is 18.3 Å². The molecule has 2 atom stereocenters.